The molecule has 0 aromatic carbocycles. The van der Waals surface area contributed by atoms with E-state index in [-0.39, 0.29) is 19.2 Å². The zero-order chi connectivity index (χ0) is 34.1. The first kappa shape index (κ1) is 44.6. The van der Waals surface area contributed by atoms with E-state index in [9.17, 15) is 9.90 Å². The van der Waals surface area contributed by atoms with E-state index < -0.39 is 6.10 Å². The normalized spacial score (nSPS) is 13.3. The van der Waals surface area contributed by atoms with Crippen LogP contribution >= 0.6 is 0 Å². The molecule has 0 aromatic rings. The van der Waals surface area contributed by atoms with Crippen molar-refractivity contribution in [2.45, 2.75) is 161 Å². The number of rotatable bonds is 34. The van der Waals surface area contributed by atoms with Crippen molar-refractivity contribution in [2.75, 3.05) is 19.8 Å². The molecule has 0 aliphatic carbocycles. The molecule has 47 heavy (non-hydrogen) atoms. The molecular formula is C43H72O4. The van der Waals surface area contributed by atoms with Gasteiger partial charge in [-0.1, -0.05) is 150 Å². The zero-order valence-electron chi connectivity index (χ0n) is 30.5. The highest BCUT2D eigenvalue weighted by molar-refractivity contribution is 5.69. The first-order valence-electron chi connectivity index (χ1n) is 19.2. The van der Waals surface area contributed by atoms with Gasteiger partial charge in [-0.3, -0.25) is 4.79 Å². The Morgan fingerprint density at radius 3 is 1.34 bits per heavy atom. The van der Waals surface area contributed by atoms with E-state index in [4.69, 9.17) is 9.47 Å². The Morgan fingerprint density at radius 2 is 0.894 bits per heavy atom. The lowest BCUT2D eigenvalue weighted by atomic mass is 10.1. The molecule has 0 saturated carbocycles. The number of carbonyl (C=O) groups is 1. The van der Waals surface area contributed by atoms with Gasteiger partial charge in [-0.15, -0.1) is 0 Å². The Morgan fingerprint density at radius 1 is 0.511 bits per heavy atom. The number of carbonyl (C=O) groups excluding carboxylic acids is 1. The molecule has 0 aliphatic rings. The molecule has 0 radical (unpaired) electrons. The second-order valence-electron chi connectivity index (χ2n) is 12.2. The fourth-order valence-electron chi connectivity index (χ4n) is 4.92. The summed E-state index contributed by atoms with van der Waals surface area (Å²) in [5.41, 5.74) is 0. The largest absolute Gasteiger partial charge is 0.457 e. The van der Waals surface area contributed by atoms with E-state index in [0.29, 0.717) is 13.0 Å². The van der Waals surface area contributed by atoms with Crippen LogP contribution in [-0.2, 0) is 14.3 Å². The molecule has 1 atom stereocenters. The molecule has 4 nitrogen and oxygen atoms in total. The molecule has 0 amide bonds. The minimum atomic E-state index is -0.554. The molecule has 0 saturated heterocycles. The van der Waals surface area contributed by atoms with E-state index in [2.05, 4.69) is 98.9 Å². The topological polar surface area (TPSA) is 55.8 Å². The molecular weight excluding hydrogens is 580 g/mol. The number of allylic oxidation sites excluding steroid dienone is 14. The maximum atomic E-state index is 12.2. The molecule has 0 aliphatic heterocycles. The molecule has 0 rings (SSSR count). The first-order chi connectivity index (χ1) is 23.2. The minimum Gasteiger partial charge on any atom is -0.457 e. The van der Waals surface area contributed by atoms with Gasteiger partial charge in [0.25, 0.3) is 0 Å². The minimum absolute atomic E-state index is 0.189. The van der Waals surface area contributed by atoms with Crippen molar-refractivity contribution >= 4 is 5.97 Å². The molecule has 0 bridgehead atoms. The molecule has 1 unspecified atom stereocenters. The number of hydrogen-bond donors (Lipinski definition) is 1. The van der Waals surface area contributed by atoms with Crippen molar-refractivity contribution in [3.05, 3.63) is 85.1 Å². The number of aliphatic hydroxyl groups excluding tert-OH is 1. The Labute approximate surface area is 290 Å². The predicted molar refractivity (Wildman–Crippen MR) is 205 cm³/mol. The summed E-state index contributed by atoms with van der Waals surface area (Å²) in [5, 5.41) is 9.57. The third kappa shape index (κ3) is 37.9. The van der Waals surface area contributed by atoms with Crippen LogP contribution in [-0.4, -0.2) is 37.0 Å². The standard InChI is InChI=1S/C43H72O4/c1-3-5-7-9-11-13-15-17-19-20-21-22-23-25-27-29-31-33-35-37-39-46-41-42(40-44)47-43(45)38-36-34-32-30-28-26-24-18-16-14-12-10-8-6-4-2/h5-8,11-14,17-19,21-22,24,42,44H,3-4,9-10,15-16,20,23,25-41H2,1-2H3/b7-5-,8-6-,13-11-,14-12-,19-17-,22-21-,24-18-. The van der Waals surface area contributed by atoms with Crippen LogP contribution in [0.25, 0.3) is 0 Å². The van der Waals surface area contributed by atoms with Crippen LogP contribution < -0.4 is 0 Å². The van der Waals surface area contributed by atoms with Gasteiger partial charge in [-0.25, -0.2) is 0 Å². The molecule has 0 spiro atoms. The quantitative estimate of drug-likeness (QED) is 0.0427. The third-order valence-electron chi connectivity index (χ3n) is 7.72. The van der Waals surface area contributed by atoms with Crippen molar-refractivity contribution in [3.63, 3.8) is 0 Å². The van der Waals surface area contributed by atoms with Gasteiger partial charge in [0, 0.05) is 13.0 Å². The van der Waals surface area contributed by atoms with Gasteiger partial charge in [0.15, 0.2) is 0 Å². The second kappa shape index (κ2) is 39.7. The molecule has 268 valence electrons. The lowest BCUT2D eigenvalue weighted by Crippen LogP contribution is -2.27. The molecule has 0 heterocycles. The third-order valence-corrected chi connectivity index (χ3v) is 7.72. The summed E-state index contributed by atoms with van der Waals surface area (Å²) in [6, 6.07) is 0. The SMILES string of the molecule is CC/C=C\C/C=C\C/C=C\C/C=C\CCCCCCCCCOCC(CO)OC(=O)CCCCCCC/C=C\C/C=C\C/C=C\CC. The van der Waals surface area contributed by atoms with E-state index in [0.717, 1.165) is 83.5 Å². The molecule has 4 heteroatoms. The molecule has 0 aromatic heterocycles. The van der Waals surface area contributed by atoms with E-state index in [1.807, 2.05) is 0 Å². The Hall–Kier alpha value is -2.43. The first-order valence-corrected chi connectivity index (χ1v) is 19.2. The highest BCUT2D eigenvalue weighted by atomic mass is 16.6. The summed E-state index contributed by atoms with van der Waals surface area (Å²) < 4.78 is 11.1. The van der Waals surface area contributed by atoms with Crippen LogP contribution in [0.3, 0.4) is 0 Å². The lowest BCUT2D eigenvalue weighted by molar-refractivity contribution is -0.154. The lowest BCUT2D eigenvalue weighted by Gasteiger charge is -2.15. The van der Waals surface area contributed by atoms with Gasteiger partial charge in [-0.05, 0) is 83.5 Å². The van der Waals surface area contributed by atoms with E-state index in [1.165, 1.54) is 51.4 Å². The number of hydrogen-bond acceptors (Lipinski definition) is 4. The fraction of sp³-hybridized carbons (Fsp3) is 0.651. The van der Waals surface area contributed by atoms with Crippen LogP contribution in [0.15, 0.2) is 85.1 Å². The van der Waals surface area contributed by atoms with Crippen molar-refractivity contribution in [1.82, 2.24) is 0 Å². The summed E-state index contributed by atoms with van der Waals surface area (Å²) in [4.78, 5) is 12.2. The summed E-state index contributed by atoms with van der Waals surface area (Å²) in [7, 11) is 0. The average molecular weight is 653 g/mol. The van der Waals surface area contributed by atoms with Gasteiger partial charge in [-0.2, -0.15) is 0 Å². The van der Waals surface area contributed by atoms with Crippen LogP contribution in [0, 0.1) is 0 Å². The summed E-state index contributed by atoms with van der Waals surface area (Å²) in [6.07, 6.45) is 54.8. The summed E-state index contributed by atoms with van der Waals surface area (Å²) in [5.74, 6) is -0.226. The highest BCUT2D eigenvalue weighted by Gasteiger charge is 2.13. The number of aliphatic hydroxyl groups is 1. The number of ether oxygens (including phenoxy) is 2. The second-order valence-corrected chi connectivity index (χ2v) is 12.2. The Bertz CT molecular complexity index is 861. The van der Waals surface area contributed by atoms with Gasteiger partial charge >= 0.3 is 5.97 Å². The predicted octanol–water partition coefficient (Wildman–Crippen LogP) is 12.4. The molecule has 0 fully saturated rings. The van der Waals surface area contributed by atoms with E-state index in [1.54, 1.807) is 0 Å². The van der Waals surface area contributed by atoms with Crippen molar-refractivity contribution in [3.8, 4) is 0 Å². The van der Waals surface area contributed by atoms with Crippen molar-refractivity contribution in [2.24, 2.45) is 0 Å². The summed E-state index contributed by atoms with van der Waals surface area (Å²) in [6.45, 7) is 5.06. The summed E-state index contributed by atoms with van der Waals surface area (Å²) >= 11 is 0. The van der Waals surface area contributed by atoms with Gasteiger partial charge in [0.1, 0.15) is 6.10 Å². The van der Waals surface area contributed by atoms with Crippen molar-refractivity contribution < 1.29 is 19.4 Å². The maximum absolute atomic E-state index is 12.2. The van der Waals surface area contributed by atoms with Crippen molar-refractivity contribution in [1.29, 1.82) is 0 Å². The number of esters is 1. The maximum Gasteiger partial charge on any atom is 0.306 e. The monoisotopic (exact) mass is 653 g/mol. The smallest absolute Gasteiger partial charge is 0.306 e. The van der Waals surface area contributed by atoms with E-state index >= 15 is 0 Å². The molecule has 1 N–H and O–H groups in total. The highest BCUT2D eigenvalue weighted by Crippen LogP contribution is 2.11. The average Bonchev–Trinajstić information content (AvgIpc) is 3.08. The fourth-order valence-corrected chi connectivity index (χ4v) is 4.92. The van der Waals surface area contributed by atoms with Crippen LogP contribution in [0.5, 0.6) is 0 Å². The zero-order valence-corrected chi connectivity index (χ0v) is 30.5. The number of unbranched alkanes of at least 4 members (excludes halogenated alkanes) is 12. The van der Waals surface area contributed by atoms with Crippen LogP contribution in [0.4, 0.5) is 0 Å². The van der Waals surface area contributed by atoms with Gasteiger partial charge in [0.05, 0.1) is 13.2 Å². The van der Waals surface area contributed by atoms with Gasteiger partial charge < -0.3 is 14.6 Å². The van der Waals surface area contributed by atoms with Gasteiger partial charge in [0.2, 0.25) is 0 Å². The van der Waals surface area contributed by atoms with Crippen LogP contribution in [0.2, 0.25) is 0 Å². The Kier molecular flexibility index (Phi) is 37.7. The van der Waals surface area contributed by atoms with Crippen LogP contribution in [0.1, 0.15) is 155 Å². The Balaban J connectivity index is 3.53.